The van der Waals surface area contributed by atoms with Gasteiger partial charge in [0.25, 0.3) is 5.91 Å². The molecule has 3 rings (SSSR count). The van der Waals surface area contributed by atoms with Crippen LogP contribution in [-0.2, 0) is 4.79 Å². The van der Waals surface area contributed by atoms with E-state index >= 15 is 0 Å². The van der Waals surface area contributed by atoms with Gasteiger partial charge in [-0.05, 0) is 61.8 Å². The van der Waals surface area contributed by atoms with Crippen molar-refractivity contribution in [3.63, 3.8) is 0 Å². The number of rotatable bonds is 3. The van der Waals surface area contributed by atoms with Crippen molar-refractivity contribution in [2.24, 2.45) is 17.8 Å². The van der Waals surface area contributed by atoms with Crippen LogP contribution in [0.5, 0.6) is 0 Å². The quantitative estimate of drug-likeness (QED) is 0.934. The number of hydrogen-bond donors (Lipinski definition) is 1. The number of carboxylic acids is 1. The third kappa shape index (κ3) is 2.60. The number of aliphatic carboxylic acids is 1. The standard InChI is InChI=1S/C17H20FNO3/c1-9-5-12(6-10(2)15(9)18)16(20)19-7-13(11-3-4-11)14(8-19)17(21)22/h5-6,11,13-14H,3-4,7-8H2,1-2H3,(H,21,22)/t13-,14+/m1/s1. The summed E-state index contributed by atoms with van der Waals surface area (Å²) in [5.41, 5.74) is 1.32. The van der Waals surface area contributed by atoms with Crippen LogP contribution in [0.3, 0.4) is 0 Å². The van der Waals surface area contributed by atoms with Crippen molar-refractivity contribution in [3.05, 3.63) is 34.6 Å². The fraction of sp³-hybridized carbons (Fsp3) is 0.529. The van der Waals surface area contributed by atoms with E-state index in [1.807, 2.05) is 0 Å². The van der Waals surface area contributed by atoms with Crippen molar-refractivity contribution < 1.29 is 19.1 Å². The zero-order valence-electron chi connectivity index (χ0n) is 12.8. The molecular formula is C17H20FNO3. The summed E-state index contributed by atoms with van der Waals surface area (Å²) in [6.07, 6.45) is 2.12. The van der Waals surface area contributed by atoms with Gasteiger partial charge in [0.05, 0.1) is 5.92 Å². The van der Waals surface area contributed by atoms with E-state index in [0.29, 0.717) is 29.2 Å². The molecule has 0 radical (unpaired) electrons. The second kappa shape index (κ2) is 5.38. The van der Waals surface area contributed by atoms with E-state index in [0.717, 1.165) is 12.8 Å². The van der Waals surface area contributed by atoms with Gasteiger partial charge in [-0.25, -0.2) is 4.39 Å². The van der Waals surface area contributed by atoms with Crippen LogP contribution in [0.2, 0.25) is 0 Å². The monoisotopic (exact) mass is 305 g/mol. The lowest BCUT2D eigenvalue weighted by Crippen LogP contribution is -2.30. The number of carbonyl (C=O) groups excluding carboxylic acids is 1. The Morgan fingerprint density at radius 2 is 1.77 bits per heavy atom. The van der Waals surface area contributed by atoms with Gasteiger partial charge in [0, 0.05) is 18.7 Å². The normalized spacial score (nSPS) is 24.6. The number of benzene rings is 1. The number of aryl methyl sites for hydroxylation is 2. The van der Waals surface area contributed by atoms with Gasteiger partial charge in [0.2, 0.25) is 0 Å². The van der Waals surface area contributed by atoms with Crippen LogP contribution in [0.1, 0.15) is 34.3 Å². The Labute approximate surface area is 128 Å². The van der Waals surface area contributed by atoms with Gasteiger partial charge in [0.15, 0.2) is 0 Å². The molecule has 1 N–H and O–H groups in total. The first-order chi connectivity index (χ1) is 10.4. The number of likely N-dealkylation sites (tertiary alicyclic amines) is 1. The molecule has 0 aromatic heterocycles. The molecule has 4 nitrogen and oxygen atoms in total. The van der Waals surface area contributed by atoms with E-state index in [9.17, 15) is 19.1 Å². The third-order valence-corrected chi connectivity index (χ3v) is 4.88. The summed E-state index contributed by atoms with van der Waals surface area (Å²) >= 11 is 0. The number of hydrogen-bond acceptors (Lipinski definition) is 2. The Morgan fingerprint density at radius 1 is 1.18 bits per heavy atom. The number of carboxylic acid groups (broad SMARTS) is 1. The fourth-order valence-corrected chi connectivity index (χ4v) is 3.51. The molecule has 1 aromatic rings. The molecule has 118 valence electrons. The molecule has 1 amide bonds. The highest BCUT2D eigenvalue weighted by Gasteiger charge is 2.46. The molecule has 1 aliphatic heterocycles. The topological polar surface area (TPSA) is 57.6 Å². The van der Waals surface area contributed by atoms with E-state index in [2.05, 4.69) is 0 Å². The van der Waals surface area contributed by atoms with Crippen molar-refractivity contribution in [1.29, 1.82) is 0 Å². The molecule has 2 aliphatic rings. The van der Waals surface area contributed by atoms with Crippen LogP contribution in [0, 0.1) is 37.4 Å². The lowest BCUT2D eigenvalue weighted by atomic mass is 9.92. The summed E-state index contributed by atoms with van der Waals surface area (Å²) in [4.78, 5) is 25.7. The molecular weight excluding hydrogens is 285 g/mol. The average Bonchev–Trinajstić information content (AvgIpc) is 3.21. The van der Waals surface area contributed by atoms with Gasteiger partial charge < -0.3 is 10.0 Å². The highest BCUT2D eigenvalue weighted by Crippen LogP contribution is 2.44. The highest BCUT2D eigenvalue weighted by atomic mass is 19.1. The van der Waals surface area contributed by atoms with Crippen LogP contribution in [0.15, 0.2) is 12.1 Å². The summed E-state index contributed by atoms with van der Waals surface area (Å²) in [5, 5.41) is 9.37. The Kier molecular flexibility index (Phi) is 3.67. The maximum Gasteiger partial charge on any atom is 0.308 e. The Bertz CT molecular complexity index is 616. The van der Waals surface area contributed by atoms with E-state index in [4.69, 9.17) is 0 Å². The average molecular weight is 305 g/mol. The first-order valence-electron chi connectivity index (χ1n) is 7.67. The van der Waals surface area contributed by atoms with Crippen LogP contribution >= 0.6 is 0 Å². The molecule has 0 spiro atoms. The molecule has 0 unspecified atom stereocenters. The predicted octanol–water partition coefficient (Wildman–Crippen LogP) is 2.63. The third-order valence-electron chi connectivity index (χ3n) is 4.88. The van der Waals surface area contributed by atoms with Gasteiger partial charge in [-0.3, -0.25) is 9.59 Å². The number of amides is 1. The van der Waals surface area contributed by atoms with E-state index in [1.54, 1.807) is 30.9 Å². The molecule has 2 fully saturated rings. The van der Waals surface area contributed by atoms with Crippen LogP contribution in [-0.4, -0.2) is 35.0 Å². The first kappa shape index (κ1) is 15.0. The van der Waals surface area contributed by atoms with Crippen molar-refractivity contribution in [2.45, 2.75) is 26.7 Å². The van der Waals surface area contributed by atoms with Gasteiger partial charge in [-0.2, -0.15) is 0 Å². The van der Waals surface area contributed by atoms with Gasteiger partial charge in [-0.1, -0.05) is 0 Å². The molecule has 1 saturated carbocycles. The number of halogens is 1. The molecule has 1 aromatic carbocycles. The van der Waals surface area contributed by atoms with Crippen molar-refractivity contribution in [2.75, 3.05) is 13.1 Å². The molecule has 5 heteroatoms. The second-order valence-corrected chi connectivity index (χ2v) is 6.58. The minimum absolute atomic E-state index is 0.0593. The van der Waals surface area contributed by atoms with Crippen LogP contribution < -0.4 is 0 Å². The number of nitrogens with zero attached hydrogens (tertiary/aromatic N) is 1. The summed E-state index contributed by atoms with van der Waals surface area (Å²) in [6, 6.07) is 3.09. The van der Waals surface area contributed by atoms with Crippen LogP contribution in [0.4, 0.5) is 4.39 Å². The second-order valence-electron chi connectivity index (χ2n) is 6.58. The fourth-order valence-electron chi connectivity index (χ4n) is 3.51. The van der Waals surface area contributed by atoms with Gasteiger partial charge in [-0.15, -0.1) is 0 Å². The minimum Gasteiger partial charge on any atom is -0.481 e. The molecule has 1 heterocycles. The minimum atomic E-state index is -0.821. The molecule has 1 saturated heterocycles. The van der Waals surface area contributed by atoms with E-state index in [-0.39, 0.29) is 24.2 Å². The highest BCUT2D eigenvalue weighted by molar-refractivity contribution is 5.95. The van der Waals surface area contributed by atoms with Crippen molar-refractivity contribution in [1.82, 2.24) is 4.90 Å². The molecule has 1 aliphatic carbocycles. The smallest absolute Gasteiger partial charge is 0.308 e. The maximum atomic E-state index is 13.7. The lowest BCUT2D eigenvalue weighted by molar-refractivity contribution is -0.142. The molecule has 22 heavy (non-hydrogen) atoms. The predicted molar refractivity (Wildman–Crippen MR) is 79.1 cm³/mol. The van der Waals surface area contributed by atoms with Crippen molar-refractivity contribution >= 4 is 11.9 Å². The SMILES string of the molecule is Cc1cc(C(=O)N2C[C@H](C(=O)O)[C@@H](C3CC3)C2)cc(C)c1F. The largest absolute Gasteiger partial charge is 0.481 e. The van der Waals surface area contributed by atoms with Crippen molar-refractivity contribution in [3.8, 4) is 0 Å². The first-order valence-corrected chi connectivity index (χ1v) is 7.67. The molecule has 2 atom stereocenters. The number of carbonyl (C=O) groups is 2. The zero-order valence-corrected chi connectivity index (χ0v) is 12.8. The summed E-state index contributed by atoms with van der Waals surface area (Å²) < 4.78 is 13.7. The zero-order chi connectivity index (χ0) is 16.0. The Balaban J connectivity index is 1.82. The lowest BCUT2D eigenvalue weighted by Gasteiger charge is -2.17. The summed E-state index contributed by atoms with van der Waals surface area (Å²) in [6.45, 7) is 4.02. The maximum absolute atomic E-state index is 13.7. The van der Waals surface area contributed by atoms with Crippen LogP contribution in [0.25, 0.3) is 0 Å². The van der Waals surface area contributed by atoms with Gasteiger partial charge in [0.1, 0.15) is 5.82 Å². The Hall–Kier alpha value is -1.91. The summed E-state index contributed by atoms with van der Waals surface area (Å²) in [5.74, 6) is -1.28. The Morgan fingerprint density at radius 3 is 2.27 bits per heavy atom. The van der Waals surface area contributed by atoms with E-state index < -0.39 is 11.9 Å². The van der Waals surface area contributed by atoms with Gasteiger partial charge >= 0.3 is 5.97 Å². The molecule has 0 bridgehead atoms. The summed E-state index contributed by atoms with van der Waals surface area (Å²) in [7, 11) is 0. The van der Waals surface area contributed by atoms with E-state index in [1.165, 1.54) is 0 Å².